The van der Waals surface area contributed by atoms with Gasteiger partial charge in [0.25, 0.3) is 0 Å². The predicted octanol–water partition coefficient (Wildman–Crippen LogP) is 4.47. The topological polar surface area (TPSA) is 51.4 Å². The number of hydrogen-bond donors (Lipinski definition) is 0. The summed E-state index contributed by atoms with van der Waals surface area (Å²) in [5.41, 5.74) is 1.88. The molecule has 0 spiro atoms. The van der Waals surface area contributed by atoms with E-state index in [0.29, 0.717) is 18.3 Å². The monoisotopic (exact) mass is 355 g/mol. The van der Waals surface area contributed by atoms with Gasteiger partial charge < -0.3 is 9.26 Å². The highest BCUT2D eigenvalue weighted by atomic mass is 19.1. The first-order valence-electron chi connectivity index (χ1n) is 8.57. The zero-order valence-corrected chi connectivity index (χ0v) is 15.1. The third-order valence-corrected chi connectivity index (χ3v) is 4.44. The molecule has 3 aromatic rings. The summed E-state index contributed by atoms with van der Waals surface area (Å²) < 4.78 is 23.8. The fourth-order valence-corrected chi connectivity index (χ4v) is 2.84. The van der Waals surface area contributed by atoms with E-state index in [2.05, 4.69) is 35.0 Å². The van der Waals surface area contributed by atoms with Crippen LogP contribution in [0.2, 0.25) is 0 Å². The van der Waals surface area contributed by atoms with Crippen LogP contribution in [0.1, 0.15) is 31.3 Å². The van der Waals surface area contributed by atoms with Gasteiger partial charge in [-0.2, -0.15) is 4.98 Å². The van der Waals surface area contributed by atoms with Gasteiger partial charge in [0, 0.05) is 11.6 Å². The van der Waals surface area contributed by atoms with Crippen LogP contribution in [-0.2, 0) is 6.54 Å². The van der Waals surface area contributed by atoms with E-state index in [9.17, 15) is 4.39 Å². The molecule has 2 aromatic carbocycles. The summed E-state index contributed by atoms with van der Waals surface area (Å²) in [5, 5.41) is 4.01. The molecule has 0 unspecified atom stereocenters. The number of methoxy groups -OCH3 is 1. The number of ether oxygens (including phenoxy) is 1. The molecule has 0 radical (unpaired) electrons. The second-order valence-corrected chi connectivity index (χ2v) is 6.03. The fourth-order valence-electron chi connectivity index (χ4n) is 2.84. The van der Waals surface area contributed by atoms with Crippen molar-refractivity contribution in [1.82, 2.24) is 15.0 Å². The highest BCUT2D eigenvalue weighted by Crippen LogP contribution is 2.25. The Labute approximate surface area is 152 Å². The van der Waals surface area contributed by atoms with Crippen molar-refractivity contribution in [2.75, 3.05) is 13.7 Å². The molecular formula is C20H22FN3O2. The summed E-state index contributed by atoms with van der Waals surface area (Å²) in [6, 6.07) is 14.2. The summed E-state index contributed by atoms with van der Waals surface area (Å²) >= 11 is 0. The van der Waals surface area contributed by atoms with E-state index in [-0.39, 0.29) is 11.9 Å². The first-order chi connectivity index (χ1) is 12.6. The molecule has 0 fully saturated rings. The van der Waals surface area contributed by atoms with Crippen molar-refractivity contribution < 1.29 is 13.7 Å². The lowest BCUT2D eigenvalue weighted by Crippen LogP contribution is -2.26. The normalized spacial score (nSPS) is 12.3. The summed E-state index contributed by atoms with van der Waals surface area (Å²) in [7, 11) is 1.66. The van der Waals surface area contributed by atoms with Crippen LogP contribution in [0.25, 0.3) is 11.4 Å². The van der Waals surface area contributed by atoms with Gasteiger partial charge in [-0.3, -0.25) is 4.90 Å². The highest BCUT2D eigenvalue weighted by molar-refractivity contribution is 5.53. The minimum Gasteiger partial charge on any atom is -0.497 e. The van der Waals surface area contributed by atoms with Crippen molar-refractivity contribution in [3.05, 3.63) is 65.8 Å². The third-order valence-electron chi connectivity index (χ3n) is 4.44. The van der Waals surface area contributed by atoms with Crippen molar-refractivity contribution in [1.29, 1.82) is 0 Å². The molecule has 0 N–H and O–H groups in total. The first kappa shape index (κ1) is 18.1. The Morgan fingerprint density at radius 2 is 1.96 bits per heavy atom. The Kier molecular flexibility index (Phi) is 5.63. The van der Waals surface area contributed by atoms with Crippen molar-refractivity contribution in [3.8, 4) is 17.1 Å². The van der Waals surface area contributed by atoms with E-state index in [4.69, 9.17) is 9.26 Å². The molecule has 6 heteroatoms. The number of nitrogens with zero attached hydrogens (tertiary/aromatic N) is 3. The molecule has 1 aromatic heterocycles. The van der Waals surface area contributed by atoms with Crippen LogP contribution in [0.5, 0.6) is 5.75 Å². The van der Waals surface area contributed by atoms with Crippen LogP contribution in [0, 0.1) is 5.82 Å². The number of aromatic nitrogens is 2. The van der Waals surface area contributed by atoms with Gasteiger partial charge in [0.1, 0.15) is 11.6 Å². The second-order valence-electron chi connectivity index (χ2n) is 6.03. The molecule has 3 rings (SSSR count). The van der Waals surface area contributed by atoms with Crippen molar-refractivity contribution >= 4 is 0 Å². The van der Waals surface area contributed by atoms with Gasteiger partial charge in [-0.25, -0.2) is 4.39 Å². The first-order valence-corrected chi connectivity index (χ1v) is 8.57. The molecule has 0 amide bonds. The maximum Gasteiger partial charge on any atom is 0.241 e. The third kappa shape index (κ3) is 4.08. The molecule has 1 atom stereocenters. The van der Waals surface area contributed by atoms with Crippen LogP contribution >= 0.6 is 0 Å². The van der Waals surface area contributed by atoms with E-state index < -0.39 is 0 Å². The quantitative estimate of drug-likeness (QED) is 0.626. The Balaban J connectivity index is 1.74. The van der Waals surface area contributed by atoms with E-state index >= 15 is 0 Å². The Bertz CT molecular complexity index is 848. The molecule has 5 nitrogen and oxygen atoms in total. The van der Waals surface area contributed by atoms with E-state index in [1.165, 1.54) is 12.1 Å². The minimum absolute atomic E-state index is 0.163. The Morgan fingerprint density at radius 3 is 2.65 bits per heavy atom. The van der Waals surface area contributed by atoms with Gasteiger partial charge >= 0.3 is 0 Å². The van der Waals surface area contributed by atoms with Crippen molar-refractivity contribution in [2.45, 2.75) is 26.4 Å². The number of hydrogen-bond acceptors (Lipinski definition) is 5. The van der Waals surface area contributed by atoms with Gasteiger partial charge in [-0.05, 0) is 55.4 Å². The van der Waals surface area contributed by atoms with Crippen molar-refractivity contribution in [3.63, 3.8) is 0 Å². The van der Waals surface area contributed by atoms with Gasteiger partial charge in [0.15, 0.2) is 0 Å². The molecular weight excluding hydrogens is 333 g/mol. The summed E-state index contributed by atoms with van der Waals surface area (Å²) in [6.45, 7) is 5.58. The molecule has 0 saturated heterocycles. The largest absolute Gasteiger partial charge is 0.497 e. The lowest BCUT2D eigenvalue weighted by atomic mass is 10.1. The molecule has 0 aliphatic heterocycles. The SMILES string of the molecule is CCN(Cc1nc(-c2ccc(F)cc2)no1)[C@@H](C)c1cccc(OC)c1. The lowest BCUT2D eigenvalue weighted by molar-refractivity contribution is 0.184. The second kappa shape index (κ2) is 8.10. The maximum atomic E-state index is 13.0. The molecule has 26 heavy (non-hydrogen) atoms. The zero-order valence-electron chi connectivity index (χ0n) is 15.1. The average Bonchev–Trinajstić information content (AvgIpc) is 3.14. The van der Waals surface area contributed by atoms with Gasteiger partial charge in [0.2, 0.25) is 11.7 Å². The van der Waals surface area contributed by atoms with E-state index in [1.54, 1.807) is 19.2 Å². The number of benzene rings is 2. The van der Waals surface area contributed by atoms with Gasteiger partial charge in [0.05, 0.1) is 13.7 Å². The Morgan fingerprint density at radius 1 is 1.19 bits per heavy atom. The fraction of sp³-hybridized carbons (Fsp3) is 0.300. The number of rotatable bonds is 7. The standard InChI is InChI=1S/C20H22FN3O2/c1-4-24(14(2)16-6-5-7-18(12-16)25-3)13-19-22-20(23-26-19)15-8-10-17(21)11-9-15/h5-12,14H,4,13H2,1-3H3/t14-/m0/s1. The average molecular weight is 355 g/mol. The molecule has 0 aliphatic rings. The smallest absolute Gasteiger partial charge is 0.241 e. The summed E-state index contributed by atoms with van der Waals surface area (Å²) in [5.74, 6) is 1.54. The van der Waals surface area contributed by atoms with Crippen LogP contribution < -0.4 is 4.74 Å². The Hall–Kier alpha value is -2.73. The van der Waals surface area contributed by atoms with Crippen LogP contribution in [0.4, 0.5) is 4.39 Å². The van der Waals surface area contributed by atoms with Crippen LogP contribution in [-0.4, -0.2) is 28.7 Å². The summed E-state index contributed by atoms with van der Waals surface area (Å²) in [4.78, 5) is 6.67. The molecule has 136 valence electrons. The molecule has 1 heterocycles. The van der Waals surface area contributed by atoms with Crippen molar-refractivity contribution in [2.24, 2.45) is 0 Å². The van der Waals surface area contributed by atoms with E-state index in [1.807, 2.05) is 18.2 Å². The predicted molar refractivity (Wildman–Crippen MR) is 97.2 cm³/mol. The highest BCUT2D eigenvalue weighted by Gasteiger charge is 2.18. The molecule has 0 aliphatic carbocycles. The van der Waals surface area contributed by atoms with Gasteiger partial charge in [-0.1, -0.05) is 24.2 Å². The molecule has 0 saturated carbocycles. The molecule has 0 bridgehead atoms. The van der Waals surface area contributed by atoms with E-state index in [0.717, 1.165) is 23.4 Å². The van der Waals surface area contributed by atoms with Crippen LogP contribution in [0.15, 0.2) is 53.1 Å². The van der Waals surface area contributed by atoms with Crippen LogP contribution in [0.3, 0.4) is 0 Å². The minimum atomic E-state index is -0.290. The zero-order chi connectivity index (χ0) is 18.5. The maximum absolute atomic E-state index is 13.0. The summed E-state index contributed by atoms with van der Waals surface area (Å²) in [6.07, 6.45) is 0. The number of halogens is 1. The van der Waals surface area contributed by atoms with Gasteiger partial charge in [-0.15, -0.1) is 0 Å². The lowest BCUT2D eigenvalue weighted by Gasteiger charge is -2.26.